The molecule has 4 aliphatic rings. The number of nitrogens with one attached hydrogen (secondary N) is 1. The van der Waals surface area contributed by atoms with Gasteiger partial charge < -0.3 is 29.7 Å². The molecule has 1 spiro atoms. The highest BCUT2D eigenvalue weighted by Crippen LogP contribution is 2.59. The first-order valence-corrected chi connectivity index (χ1v) is 16.1. The molecule has 236 valence electrons. The summed E-state index contributed by atoms with van der Waals surface area (Å²) >= 11 is 9.70. The summed E-state index contributed by atoms with van der Waals surface area (Å²) in [5, 5.41) is 13.6. The molecule has 3 amide bonds. The maximum atomic E-state index is 14.7. The first-order chi connectivity index (χ1) is 21.7. The Labute approximate surface area is 274 Å². The molecule has 2 N–H and O–H groups in total. The molecule has 0 unspecified atom stereocenters. The number of aliphatic hydroxyl groups is 1. The van der Waals surface area contributed by atoms with E-state index in [1.807, 2.05) is 24.3 Å². The molecule has 0 aromatic heterocycles. The van der Waals surface area contributed by atoms with Crippen LogP contribution in [0.5, 0.6) is 0 Å². The molecule has 0 saturated carbocycles. The van der Waals surface area contributed by atoms with Crippen molar-refractivity contribution in [2.75, 3.05) is 24.6 Å². The van der Waals surface area contributed by atoms with Crippen molar-refractivity contribution in [1.82, 2.24) is 10.2 Å². The fraction of sp³-hybridized carbons (Fsp3) is 0.394. The number of esters is 1. The van der Waals surface area contributed by atoms with Gasteiger partial charge >= 0.3 is 5.97 Å². The Hall–Kier alpha value is -3.51. The maximum Gasteiger partial charge on any atom is 0.313 e. The average Bonchev–Trinajstić information content (AvgIpc) is 3.64. The molecule has 5 bridgehead atoms. The number of likely N-dealkylation sites (tertiary alicyclic amines) is 1. The topological polar surface area (TPSA) is 125 Å². The van der Waals surface area contributed by atoms with Crippen molar-refractivity contribution in [3.05, 3.63) is 87.9 Å². The minimum atomic E-state index is -1.50. The summed E-state index contributed by atoms with van der Waals surface area (Å²) in [5.74, 6) is -3.99. The second kappa shape index (κ2) is 12.7. The van der Waals surface area contributed by atoms with Crippen molar-refractivity contribution >= 4 is 56.9 Å². The SMILES string of the molecule is C[C@H](CO)N1C(=O)[C@H]2[C@@H]3C(=O)O[C@H](c4ccccc4)CNC(=O)CC/C=C\CN(c4ccc(Cl)cc4)C(=O)[C@H]1[C@@]21C=C(Br)[C@@H]3O1. The van der Waals surface area contributed by atoms with Gasteiger partial charge in [-0.2, -0.15) is 0 Å². The number of carbonyl (C=O) groups excluding carboxylic acids is 4. The Morgan fingerprint density at radius 3 is 2.51 bits per heavy atom. The van der Waals surface area contributed by atoms with Gasteiger partial charge in [-0.15, -0.1) is 0 Å². The zero-order valence-corrected chi connectivity index (χ0v) is 26.8. The Morgan fingerprint density at radius 1 is 1.07 bits per heavy atom. The second-order valence-electron chi connectivity index (χ2n) is 11.7. The summed E-state index contributed by atoms with van der Waals surface area (Å²) in [6.07, 6.45) is 4.26. The van der Waals surface area contributed by atoms with Gasteiger partial charge in [-0.05, 0) is 49.2 Å². The van der Waals surface area contributed by atoms with Gasteiger partial charge in [-0.3, -0.25) is 19.2 Å². The van der Waals surface area contributed by atoms with Crippen molar-refractivity contribution < 1.29 is 33.8 Å². The van der Waals surface area contributed by atoms with E-state index >= 15 is 0 Å². The summed E-state index contributed by atoms with van der Waals surface area (Å²) in [5.41, 5.74) is -0.285. The molecule has 0 radical (unpaired) electrons. The van der Waals surface area contributed by atoms with Gasteiger partial charge in [-0.25, -0.2) is 0 Å². The van der Waals surface area contributed by atoms with E-state index in [0.29, 0.717) is 27.2 Å². The average molecular weight is 699 g/mol. The lowest BCUT2D eigenvalue weighted by molar-refractivity contribution is -0.160. The largest absolute Gasteiger partial charge is 0.455 e. The smallest absolute Gasteiger partial charge is 0.313 e. The molecule has 10 nitrogen and oxygen atoms in total. The van der Waals surface area contributed by atoms with E-state index in [4.69, 9.17) is 21.1 Å². The van der Waals surface area contributed by atoms with Gasteiger partial charge in [0.1, 0.15) is 29.8 Å². The minimum absolute atomic E-state index is 0.0381. The second-order valence-corrected chi connectivity index (χ2v) is 13.0. The fourth-order valence-electron chi connectivity index (χ4n) is 6.78. The van der Waals surface area contributed by atoms with E-state index in [0.717, 1.165) is 0 Å². The number of amides is 3. The number of halogens is 2. The van der Waals surface area contributed by atoms with Crippen LogP contribution in [0.3, 0.4) is 0 Å². The van der Waals surface area contributed by atoms with Gasteiger partial charge in [-0.1, -0.05) is 70.0 Å². The Bertz CT molecular complexity index is 1550. The molecule has 45 heavy (non-hydrogen) atoms. The number of anilines is 1. The van der Waals surface area contributed by atoms with Crippen molar-refractivity contribution in [2.45, 2.75) is 49.7 Å². The minimum Gasteiger partial charge on any atom is -0.455 e. The number of carbonyl (C=O) groups is 4. The van der Waals surface area contributed by atoms with E-state index in [1.165, 1.54) is 9.80 Å². The van der Waals surface area contributed by atoms with E-state index in [9.17, 15) is 24.3 Å². The normalized spacial score (nSPS) is 31.7. The Balaban J connectivity index is 1.46. The molecule has 7 atom stereocenters. The Morgan fingerprint density at radius 2 is 1.80 bits per heavy atom. The Kier molecular flexibility index (Phi) is 8.89. The van der Waals surface area contributed by atoms with Gasteiger partial charge in [0.2, 0.25) is 11.8 Å². The lowest BCUT2D eigenvalue weighted by Crippen LogP contribution is -2.58. The third kappa shape index (κ3) is 5.60. The standard InChI is InChI=1S/C33H33BrClN3O7/c1-19(18-39)38-29-31(42)37(22-13-11-21(35)12-14-22)15-7-3-6-10-25(40)36-17-24(20-8-4-2-5-9-20)44-32(43)26-27(30(38)41)33(29)16-23(34)28(26)45-33/h2-5,7-9,11-14,16,19,24,26-29,39H,6,10,15,17-18H2,1H3,(H,36,40)/b7-3-/t19-,24+,26+,27-,28+,29+,33-/m1/s1. The number of hydrogen-bond acceptors (Lipinski definition) is 7. The molecule has 6 rings (SSSR count). The highest BCUT2D eigenvalue weighted by molar-refractivity contribution is 9.11. The van der Waals surface area contributed by atoms with Gasteiger partial charge in [0.05, 0.1) is 25.1 Å². The zero-order valence-electron chi connectivity index (χ0n) is 24.5. The van der Waals surface area contributed by atoms with E-state index in [2.05, 4.69) is 21.2 Å². The number of fused-ring (bicyclic) bond motifs is 2. The molecule has 12 heteroatoms. The van der Waals surface area contributed by atoms with Crippen LogP contribution < -0.4 is 10.2 Å². The first-order valence-electron chi connectivity index (χ1n) is 14.9. The number of hydrogen-bond donors (Lipinski definition) is 2. The summed E-state index contributed by atoms with van der Waals surface area (Å²) in [6, 6.07) is 13.9. The molecule has 4 heterocycles. The van der Waals surface area contributed by atoms with Crippen LogP contribution in [0.25, 0.3) is 0 Å². The molecular weight excluding hydrogens is 666 g/mol. The predicted octanol–water partition coefficient (Wildman–Crippen LogP) is 3.68. The van der Waals surface area contributed by atoms with Crippen LogP contribution in [0.1, 0.15) is 31.4 Å². The van der Waals surface area contributed by atoms with Crippen LogP contribution in [0.15, 0.2) is 77.3 Å². The molecule has 0 aliphatic carbocycles. The number of allylic oxidation sites excluding steroid dienone is 1. The summed E-state index contributed by atoms with van der Waals surface area (Å²) < 4.78 is 13.1. The number of benzene rings is 2. The van der Waals surface area contributed by atoms with Crippen molar-refractivity contribution in [1.29, 1.82) is 0 Å². The van der Waals surface area contributed by atoms with Crippen molar-refractivity contribution in [3.63, 3.8) is 0 Å². The van der Waals surface area contributed by atoms with Crippen LogP contribution in [-0.4, -0.2) is 77.2 Å². The number of rotatable bonds is 4. The summed E-state index contributed by atoms with van der Waals surface area (Å²) in [6.45, 7) is 1.42. The van der Waals surface area contributed by atoms with E-state index in [1.54, 1.807) is 55.5 Å². The third-order valence-corrected chi connectivity index (χ3v) is 9.85. The molecule has 4 aliphatic heterocycles. The van der Waals surface area contributed by atoms with E-state index in [-0.39, 0.29) is 25.4 Å². The van der Waals surface area contributed by atoms with Crippen LogP contribution in [0, 0.1) is 11.8 Å². The fourth-order valence-corrected chi connectivity index (χ4v) is 7.64. The highest BCUT2D eigenvalue weighted by Gasteiger charge is 2.75. The number of nitrogens with zero attached hydrogens (tertiary/aromatic N) is 2. The van der Waals surface area contributed by atoms with Gasteiger partial charge in [0.15, 0.2) is 0 Å². The lowest BCUT2D eigenvalue weighted by Gasteiger charge is -2.37. The molecule has 2 aromatic rings. The summed E-state index contributed by atoms with van der Waals surface area (Å²) in [4.78, 5) is 58.8. The van der Waals surface area contributed by atoms with Crippen LogP contribution in [0.4, 0.5) is 5.69 Å². The predicted molar refractivity (Wildman–Crippen MR) is 169 cm³/mol. The molecule has 2 fully saturated rings. The number of cyclic esters (lactones) is 1. The highest BCUT2D eigenvalue weighted by atomic mass is 79.9. The maximum absolute atomic E-state index is 14.7. The van der Waals surface area contributed by atoms with Crippen molar-refractivity contribution in [3.8, 4) is 0 Å². The quantitative estimate of drug-likeness (QED) is 0.369. The van der Waals surface area contributed by atoms with Crippen molar-refractivity contribution in [2.24, 2.45) is 11.8 Å². The summed E-state index contributed by atoms with van der Waals surface area (Å²) in [7, 11) is 0. The van der Waals surface area contributed by atoms with Crippen LogP contribution in [0.2, 0.25) is 5.02 Å². The van der Waals surface area contributed by atoms with E-state index < -0.39 is 66.1 Å². The van der Waals surface area contributed by atoms with Gasteiger partial charge in [0, 0.05) is 28.2 Å². The zero-order chi connectivity index (χ0) is 31.9. The number of ether oxygens (including phenoxy) is 2. The molecule has 2 saturated heterocycles. The molecule has 2 aromatic carbocycles. The monoisotopic (exact) mass is 697 g/mol. The molecular formula is C33H33BrClN3O7. The lowest BCUT2D eigenvalue weighted by atomic mass is 9.74. The first kappa shape index (κ1) is 31.5. The number of aliphatic hydroxyl groups excluding tert-OH is 1. The van der Waals surface area contributed by atoms with Crippen LogP contribution in [-0.2, 0) is 28.7 Å². The van der Waals surface area contributed by atoms with Gasteiger partial charge in [0.25, 0.3) is 5.91 Å². The van der Waals surface area contributed by atoms with Crippen LogP contribution >= 0.6 is 27.5 Å². The third-order valence-electron chi connectivity index (χ3n) is 8.92.